The number of carbonyl (C=O) groups is 1. The summed E-state index contributed by atoms with van der Waals surface area (Å²) < 4.78 is 5.12. The Hall–Kier alpha value is -1.55. The minimum atomic E-state index is -0.783. The Labute approximate surface area is 88.1 Å². The second kappa shape index (κ2) is 3.90. The van der Waals surface area contributed by atoms with Crippen LogP contribution in [0.5, 0.6) is 5.75 Å². The van der Waals surface area contributed by atoms with Gasteiger partial charge in [-0.2, -0.15) is 0 Å². The van der Waals surface area contributed by atoms with Gasteiger partial charge in [-0.05, 0) is 23.3 Å². The number of rotatable bonds is 3. The second-order valence-electron chi connectivity index (χ2n) is 3.67. The average Bonchev–Trinajstić information content (AvgIpc) is 2.57. The van der Waals surface area contributed by atoms with Crippen LogP contribution in [-0.4, -0.2) is 29.6 Å². The van der Waals surface area contributed by atoms with Crippen LogP contribution in [0.15, 0.2) is 18.2 Å². The molecule has 1 aromatic rings. The largest absolute Gasteiger partial charge is 0.497 e. The van der Waals surface area contributed by atoms with Crippen molar-refractivity contribution < 1.29 is 14.6 Å². The summed E-state index contributed by atoms with van der Waals surface area (Å²) in [5.74, 6) is 0.0423. The van der Waals surface area contributed by atoms with E-state index in [2.05, 4.69) is 0 Å². The van der Waals surface area contributed by atoms with Crippen LogP contribution in [0.4, 0.5) is 0 Å². The molecule has 4 nitrogen and oxygen atoms in total. The first-order valence-electron chi connectivity index (χ1n) is 4.79. The van der Waals surface area contributed by atoms with Gasteiger partial charge in [-0.1, -0.05) is 6.07 Å². The molecule has 0 saturated carbocycles. The fraction of sp³-hybridized carbons (Fsp3) is 0.364. The van der Waals surface area contributed by atoms with Crippen molar-refractivity contribution in [3.8, 4) is 5.75 Å². The molecule has 2 rings (SSSR count). The lowest BCUT2D eigenvalue weighted by atomic mass is 10.1. The van der Waals surface area contributed by atoms with Crippen LogP contribution in [0.3, 0.4) is 0 Å². The fourth-order valence-electron chi connectivity index (χ4n) is 1.87. The number of ether oxygens (including phenoxy) is 1. The second-order valence-corrected chi connectivity index (χ2v) is 3.67. The highest BCUT2D eigenvalue weighted by Gasteiger charge is 2.20. The zero-order valence-electron chi connectivity index (χ0n) is 8.56. The molecule has 1 aliphatic heterocycles. The van der Waals surface area contributed by atoms with Crippen LogP contribution in [-0.2, 0) is 17.9 Å². The third kappa shape index (κ3) is 2.10. The van der Waals surface area contributed by atoms with E-state index in [0.29, 0.717) is 13.1 Å². The Balaban J connectivity index is 2.13. The molecule has 0 fully saturated rings. The smallest absolute Gasteiger partial charge is 0.317 e. The number of carboxylic acids is 1. The lowest BCUT2D eigenvalue weighted by molar-refractivity contribution is -0.138. The number of hydrogen-bond acceptors (Lipinski definition) is 3. The van der Waals surface area contributed by atoms with Gasteiger partial charge in [0.1, 0.15) is 5.75 Å². The van der Waals surface area contributed by atoms with Gasteiger partial charge in [0.05, 0.1) is 13.7 Å². The van der Waals surface area contributed by atoms with Gasteiger partial charge < -0.3 is 9.84 Å². The molecule has 0 amide bonds. The molecule has 1 aliphatic rings. The average molecular weight is 207 g/mol. The monoisotopic (exact) mass is 207 g/mol. The third-order valence-electron chi connectivity index (χ3n) is 2.56. The predicted octanol–water partition coefficient (Wildman–Crippen LogP) is 1.10. The molecule has 1 N–H and O–H groups in total. The van der Waals surface area contributed by atoms with Crippen molar-refractivity contribution in [2.24, 2.45) is 0 Å². The van der Waals surface area contributed by atoms with E-state index in [-0.39, 0.29) is 6.54 Å². The molecule has 15 heavy (non-hydrogen) atoms. The van der Waals surface area contributed by atoms with Gasteiger partial charge >= 0.3 is 5.97 Å². The minimum absolute atomic E-state index is 0.0942. The summed E-state index contributed by atoms with van der Waals surface area (Å²) in [5, 5.41) is 8.69. The van der Waals surface area contributed by atoms with Crippen molar-refractivity contribution in [2.75, 3.05) is 13.7 Å². The molecule has 4 heteroatoms. The van der Waals surface area contributed by atoms with Crippen molar-refractivity contribution >= 4 is 5.97 Å². The molecule has 0 atom stereocenters. The summed E-state index contributed by atoms with van der Waals surface area (Å²) in [7, 11) is 1.63. The van der Waals surface area contributed by atoms with Crippen molar-refractivity contribution in [3.05, 3.63) is 29.3 Å². The van der Waals surface area contributed by atoms with E-state index < -0.39 is 5.97 Å². The Kier molecular flexibility index (Phi) is 2.60. The highest BCUT2D eigenvalue weighted by Crippen LogP contribution is 2.26. The highest BCUT2D eigenvalue weighted by molar-refractivity contribution is 5.69. The van der Waals surface area contributed by atoms with Crippen molar-refractivity contribution in [2.45, 2.75) is 13.1 Å². The van der Waals surface area contributed by atoms with Gasteiger partial charge in [0.15, 0.2) is 0 Å². The lowest BCUT2D eigenvalue weighted by Crippen LogP contribution is -2.24. The number of aliphatic carboxylic acids is 1. The maximum Gasteiger partial charge on any atom is 0.317 e. The van der Waals surface area contributed by atoms with E-state index in [1.165, 1.54) is 5.56 Å². The van der Waals surface area contributed by atoms with Gasteiger partial charge in [-0.25, -0.2) is 0 Å². The normalized spacial score (nSPS) is 15.0. The van der Waals surface area contributed by atoms with Crippen LogP contribution in [0, 0.1) is 0 Å². The molecule has 0 radical (unpaired) electrons. The zero-order chi connectivity index (χ0) is 10.8. The van der Waals surface area contributed by atoms with Gasteiger partial charge in [-0.15, -0.1) is 0 Å². The van der Waals surface area contributed by atoms with Gasteiger partial charge in [0.2, 0.25) is 0 Å². The van der Waals surface area contributed by atoms with E-state index in [1.807, 2.05) is 23.1 Å². The molecule has 0 spiro atoms. The van der Waals surface area contributed by atoms with E-state index in [9.17, 15) is 4.79 Å². The van der Waals surface area contributed by atoms with E-state index in [1.54, 1.807) is 7.11 Å². The molecule has 0 aromatic heterocycles. The predicted molar refractivity (Wildman–Crippen MR) is 54.7 cm³/mol. The van der Waals surface area contributed by atoms with Crippen molar-refractivity contribution in [3.63, 3.8) is 0 Å². The molecule has 0 aliphatic carbocycles. The van der Waals surface area contributed by atoms with E-state index in [4.69, 9.17) is 9.84 Å². The molecular formula is C11H13NO3. The number of nitrogens with zero attached hydrogens (tertiary/aromatic N) is 1. The third-order valence-corrected chi connectivity index (χ3v) is 2.56. The quantitative estimate of drug-likeness (QED) is 0.806. The first-order chi connectivity index (χ1) is 7.19. The molecule has 80 valence electrons. The number of carboxylic acid groups (broad SMARTS) is 1. The van der Waals surface area contributed by atoms with Crippen molar-refractivity contribution in [1.29, 1.82) is 0 Å². The molecule has 0 saturated heterocycles. The van der Waals surface area contributed by atoms with Crippen molar-refractivity contribution in [1.82, 2.24) is 4.90 Å². The summed E-state index contributed by atoms with van der Waals surface area (Å²) in [6, 6.07) is 5.87. The Morgan fingerprint density at radius 1 is 1.47 bits per heavy atom. The van der Waals surface area contributed by atoms with Gasteiger partial charge in [0, 0.05) is 13.1 Å². The summed E-state index contributed by atoms with van der Waals surface area (Å²) >= 11 is 0. The number of fused-ring (bicyclic) bond motifs is 1. The first-order valence-corrected chi connectivity index (χ1v) is 4.79. The fourth-order valence-corrected chi connectivity index (χ4v) is 1.87. The summed E-state index contributed by atoms with van der Waals surface area (Å²) in [4.78, 5) is 12.5. The van der Waals surface area contributed by atoms with Crippen LogP contribution < -0.4 is 4.74 Å². The number of hydrogen-bond donors (Lipinski definition) is 1. The summed E-state index contributed by atoms with van der Waals surface area (Å²) in [6.07, 6.45) is 0. The molecule has 0 unspecified atom stereocenters. The molecule has 0 bridgehead atoms. The van der Waals surface area contributed by atoms with E-state index in [0.717, 1.165) is 11.3 Å². The van der Waals surface area contributed by atoms with Gasteiger partial charge in [0.25, 0.3) is 0 Å². The number of benzene rings is 1. The summed E-state index contributed by atoms with van der Waals surface area (Å²) in [6.45, 7) is 1.50. The maximum absolute atomic E-state index is 10.6. The zero-order valence-corrected chi connectivity index (χ0v) is 8.56. The van der Waals surface area contributed by atoms with E-state index >= 15 is 0 Å². The number of methoxy groups -OCH3 is 1. The Morgan fingerprint density at radius 2 is 2.20 bits per heavy atom. The molecule has 1 aromatic carbocycles. The Bertz CT molecular complexity index is 389. The van der Waals surface area contributed by atoms with Gasteiger partial charge in [-0.3, -0.25) is 9.69 Å². The topological polar surface area (TPSA) is 49.8 Å². The molecular weight excluding hydrogens is 194 g/mol. The van der Waals surface area contributed by atoms with Crippen LogP contribution in [0.1, 0.15) is 11.1 Å². The minimum Gasteiger partial charge on any atom is -0.497 e. The van der Waals surface area contributed by atoms with Crippen LogP contribution >= 0.6 is 0 Å². The Morgan fingerprint density at radius 3 is 2.87 bits per heavy atom. The van der Waals surface area contributed by atoms with Crippen LogP contribution in [0.25, 0.3) is 0 Å². The molecule has 1 heterocycles. The summed E-state index contributed by atoms with van der Waals surface area (Å²) in [5.41, 5.74) is 2.35. The van der Waals surface area contributed by atoms with Crippen LogP contribution in [0.2, 0.25) is 0 Å². The standard InChI is InChI=1S/C11H13NO3/c1-15-10-3-2-8-5-12(7-11(13)14)6-9(8)4-10/h2-4H,5-7H2,1H3,(H,13,14). The lowest BCUT2D eigenvalue weighted by Gasteiger charge is -2.10. The maximum atomic E-state index is 10.6. The highest BCUT2D eigenvalue weighted by atomic mass is 16.5. The first kappa shape index (κ1) is 9.98. The SMILES string of the molecule is COc1ccc2c(c1)CN(CC(=O)O)C2.